The molecule has 0 spiro atoms. The van der Waals surface area contributed by atoms with E-state index in [0.29, 0.717) is 6.04 Å². The summed E-state index contributed by atoms with van der Waals surface area (Å²) in [5, 5.41) is 6.84. The van der Waals surface area contributed by atoms with Gasteiger partial charge < -0.3 is 10.2 Å². The molecule has 1 atom stereocenters. The number of hydrogen-bond acceptors (Lipinski definition) is 5. The van der Waals surface area contributed by atoms with E-state index in [0.717, 1.165) is 47.3 Å². The molecule has 1 fully saturated rings. The highest BCUT2D eigenvalue weighted by Crippen LogP contribution is 2.25. The first-order chi connectivity index (χ1) is 10.6. The Balaban J connectivity index is 1.54. The Morgan fingerprint density at radius 2 is 1.95 bits per heavy atom. The number of aromatic nitrogens is 1. The first-order valence-electron chi connectivity index (χ1n) is 7.49. The van der Waals surface area contributed by atoms with E-state index >= 15 is 0 Å². The van der Waals surface area contributed by atoms with Crippen molar-refractivity contribution in [3.8, 4) is 0 Å². The largest absolute Gasteiger partial charge is 0.382 e. The van der Waals surface area contributed by atoms with Crippen LogP contribution in [-0.4, -0.2) is 34.6 Å². The molecule has 1 aliphatic rings. The van der Waals surface area contributed by atoms with E-state index in [-0.39, 0.29) is 0 Å². The van der Waals surface area contributed by atoms with Gasteiger partial charge in [-0.2, -0.15) is 0 Å². The molecule has 0 bridgehead atoms. The van der Waals surface area contributed by atoms with Crippen LogP contribution in [0.2, 0.25) is 0 Å². The van der Waals surface area contributed by atoms with Crippen LogP contribution in [0.4, 0.5) is 10.8 Å². The average molecular weight is 335 g/mol. The quantitative estimate of drug-likeness (QED) is 0.931. The molecule has 6 heteroatoms. The van der Waals surface area contributed by atoms with Crippen molar-refractivity contribution in [2.45, 2.75) is 30.7 Å². The van der Waals surface area contributed by atoms with Gasteiger partial charge in [-0.1, -0.05) is 0 Å². The summed E-state index contributed by atoms with van der Waals surface area (Å²) in [4.78, 5) is 7.81. The molecule has 2 heterocycles. The highest BCUT2D eigenvalue weighted by molar-refractivity contribution is 7.84. The van der Waals surface area contributed by atoms with Crippen molar-refractivity contribution in [2.75, 3.05) is 29.6 Å². The smallest absolute Gasteiger partial charge is 0.185 e. The molecule has 3 rings (SSSR count). The van der Waals surface area contributed by atoms with Crippen molar-refractivity contribution in [2.24, 2.45) is 0 Å². The molecule has 0 amide bonds. The van der Waals surface area contributed by atoms with Crippen molar-refractivity contribution in [1.29, 1.82) is 0 Å². The van der Waals surface area contributed by atoms with E-state index in [1.807, 2.05) is 31.2 Å². The second kappa shape index (κ2) is 6.79. The number of anilines is 2. The highest BCUT2D eigenvalue weighted by atomic mass is 32.2. The summed E-state index contributed by atoms with van der Waals surface area (Å²) in [5.74, 6) is 0. The van der Waals surface area contributed by atoms with Gasteiger partial charge in [0.05, 0.1) is 5.69 Å². The lowest BCUT2D eigenvalue weighted by atomic mass is 10.1. The fourth-order valence-electron chi connectivity index (χ4n) is 2.68. The summed E-state index contributed by atoms with van der Waals surface area (Å²) in [5.41, 5.74) is 2.21. The van der Waals surface area contributed by atoms with Crippen molar-refractivity contribution < 1.29 is 4.21 Å². The predicted octanol–water partition coefficient (Wildman–Crippen LogP) is 3.27. The third kappa shape index (κ3) is 3.67. The molecule has 0 saturated carbocycles. The lowest BCUT2D eigenvalue weighted by molar-refractivity contribution is 0.526. The molecule has 1 saturated heterocycles. The lowest BCUT2D eigenvalue weighted by Gasteiger charge is -2.32. The molecule has 1 aliphatic heterocycles. The number of thiazole rings is 1. The Bertz CT molecular complexity index is 646. The van der Waals surface area contributed by atoms with Gasteiger partial charge >= 0.3 is 0 Å². The molecule has 4 nitrogen and oxygen atoms in total. The molecule has 118 valence electrons. The molecule has 1 unspecified atom stereocenters. The summed E-state index contributed by atoms with van der Waals surface area (Å²) in [7, 11) is -0.908. The van der Waals surface area contributed by atoms with Crippen LogP contribution < -0.4 is 10.2 Å². The van der Waals surface area contributed by atoms with Gasteiger partial charge in [0, 0.05) is 52.1 Å². The average Bonchev–Trinajstić information content (AvgIpc) is 2.95. The fourth-order valence-corrected chi connectivity index (χ4v) is 4.06. The van der Waals surface area contributed by atoms with Crippen LogP contribution in [0.1, 0.15) is 18.5 Å². The van der Waals surface area contributed by atoms with Crippen LogP contribution in [0.5, 0.6) is 0 Å². The minimum Gasteiger partial charge on any atom is -0.382 e. The summed E-state index contributed by atoms with van der Waals surface area (Å²) in [6.45, 7) is 4.13. The van der Waals surface area contributed by atoms with Crippen LogP contribution in [0.15, 0.2) is 34.5 Å². The normalized spacial score (nSPS) is 17.5. The van der Waals surface area contributed by atoms with E-state index in [2.05, 4.69) is 20.6 Å². The maximum Gasteiger partial charge on any atom is 0.185 e. The number of rotatable bonds is 4. The standard InChI is InChI=1S/C16H21N3OS2/c1-12-11-21-16(17-12)19-9-7-14(8-10-19)18-13-3-5-15(6-4-13)22(2)20/h3-6,11,14,18H,7-10H2,1-2H3. The van der Waals surface area contributed by atoms with Gasteiger partial charge in [0.25, 0.3) is 0 Å². The van der Waals surface area contributed by atoms with E-state index in [1.165, 1.54) is 0 Å². The Morgan fingerprint density at radius 3 is 2.50 bits per heavy atom. The fraction of sp³-hybridized carbons (Fsp3) is 0.438. The minimum absolute atomic E-state index is 0.496. The molecule has 1 aromatic carbocycles. The number of benzene rings is 1. The zero-order chi connectivity index (χ0) is 15.5. The molecule has 0 radical (unpaired) electrons. The van der Waals surface area contributed by atoms with E-state index < -0.39 is 10.8 Å². The van der Waals surface area contributed by atoms with Crippen molar-refractivity contribution in [3.63, 3.8) is 0 Å². The maximum atomic E-state index is 11.4. The third-order valence-corrected chi connectivity index (χ3v) is 5.88. The van der Waals surface area contributed by atoms with Crippen LogP contribution in [-0.2, 0) is 10.8 Å². The van der Waals surface area contributed by atoms with Gasteiger partial charge in [0.15, 0.2) is 5.13 Å². The summed E-state index contributed by atoms with van der Waals surface area (Å²) in [6.07, 6.45) is 3.93. The summed E-state index contributed by atoms with van der Waals surface area (Å²) >= 11 is 1.73. The second-order valence-electron chi connectivity index (χ2n) is 5.66. The SMILES string of the molecule is Cc1csc(N2CCC(Nc3ccc(S(C)=O)cc3)CC2)n1. The predicted molar refractivity (Wildman–Crippen MR) is 94.5 cm³/mol. The monoisotopic (exact) mass is 335 g/mol. The van der Waals surface area contributed by atoms with Gasteiger partial charge in [-0.3, -0.25) is 4.21 Å². The molecule has 2 aromatic rings. The molecular weight excluding hydrogens is 314 g/mol. The zero-order valence-electron chi connectivity index (χ0n) is 12.9. The van der Waals surface area contributed by atoms with Crippen LogP contribution in [0.25, 0.3) is 0 Å². The first kappa shape index (κ1) is 15.5. The third-order valence-electron chi connectivity index (χ3n) is 3.93. The van der Waals surface area contributed by atoms with Crippen molar-refractivity contribution in [1.82, 2.24) is 4.98 Å². The van der Waals surface area contributed by atoms with Gasteiger partial charge in [-0.15, -0.1) is 11.3 Å². The Hall–Kier alpha value is -1.40. The van der Waals surface area contributed by atoms with Crippen LogP contribution in [0, 0.1) is 6.92 Å². The van der Waals surface area contributed by atoms with Gasteiger partial charge in [0.1, 0.15) is 0 Å². The van der Waals surface area contributed by atoms with Crippen LogP contribution >= 0.6 is 11.3 Å². The Kier molecular flexibility index (Phi) is 4.78. The molecule has 1 N–H and O–H groups in total. The number of hydrogen-bond donors (Lipinski definition) is 1. The van der Waals surface area contributed by atoms with E-state index in [9.17, 15) is 4.21 Å². The zero-order valence-corrected chi connectivity index (χ0v) is 14.5. The number of nitrogens with zero attached hydrogens (tertiary/aromatic N) is 2. The van der Waals surface area contributed by atoms with Crippen molar-refractivity contribution in [3.05, 3.63) is 35.3 Å². The number of aryl methyl sites for hydroxylation is 1. The minimum atomic E-state index is -0.908. The summed E-state index contributed by atoms with van der Waals surface area (Å²) in [6, 6.07) is 8.41. The van der Waals surface area contributed by atoms with E-state index in [1.54, 1.807) is 17.6 Å². The molecular formula is C16H21N3OS2. The highest BCUT2D eigenvalue weighted by Gasteiger charge is 2.20. The van der Waals surface area contributed by atoms with Crippen molar-refractivity contribution >= 4 is 33.0 Å². The molecule has 22 heavy (non-hydrogen) atoms. The summed E-state index contributed by atoms with van der Waals surface area (Å²) < 4.78 is 11.4. The van der Waals surface area contributed by atoms with E-state index in [4.69, 9.17) is 0 Å². The number of nitrogens with one attached hydrogen (secondary N) is 1. The molecule has 0 aliphatic carbocycles. The maximum absolute atomic E-state index is 11.4. The Morgan fingerprint density at radius 1 is 1.27 bits per heavy atom. The number of piperidine rings is 1. The van der Waals surface area contributed by atoms with Gasteiger partial charge in [-0.05, 0) is 44.0 Å². The lowest BCUT2D eigenvalue weighted by Crippen LogP contribution is -2.39. The van der Waals surface area contributed by atoms with Gasteiger partial charge in [-0.25, -0.2) is 4.98 Å². The molecule has 1 aromatic heterocycles. The van der Waals surface area contributed by atoms with Crippen LogP contribution in [0.3, 0.4) is 0 Å². The Labute approximate surface area is 138 Å². The second-order valence-corrected chi connectivity index (χ2v) is 7.87. The topological polar surface area (TPSA) is 45.2 Å². The van der Waals surface area contributed by atoms with Gasteiger partial charge in [0.2, 0.25) is 0 Å². The first-order valence-corrected chi connectivity index (χ1v) is 9.93.